The fraction of sp³-hybridized carbons (Fsp3) is 1.00. The molecule has 0 aromatic heterocycles. The summed E-state index contributed by atoms with van der Waals surface area (Å²) in [6.07, 6.45) is 1.26. The molecule has 0 amide bonds. The maximum atomic E-state index is 4.43. The largest absolute Gasteiger partial charge is 0.311 e. The molecule has 1 fully saturated rings. The van der Waals surface area contributed by atoms with Gasteiger partial charge in [-0.05, 0) is 32.7 Å². The minimum atomic E-state index is 0.349. The zero-order chi connectivity index (χ0) is 7.78. The van der Waals surface area contributed by atoms with Crippen molar-refractivity contribution in [1.29, 1.82) is 0 Å². The van der Waals surface area contributed by atoms with Crippen molar-refractivity contribution in [3.63, 3.8) is 0 Å². The van der Waals surface area contributed by atoms with Crippen LogP contribution in [0.2, 0.25) is 0 Å². The molecule has 1 rings (SSSR count). The molecule has 0 aliphatic carbocycles. The van der Waals surface area contributed by atoms with Crippen molar-refractivity contribution in [2.24, 2.45) is 5.92 Å². The molecule has 0 bridgehead atoms. The molecule has 10 heavy (non-hydrogen) atoms. The topological polar surface area (TPSA) is 12.0 Å². The highest BCUT2D eigenvalue weighted by atomic mass is 32.1. The smallest absolute Gasteiger partial charge is 0.0128 e. The summed E-state index contributed by atoms with van der Waals surface area (Å²) in [5.41, 5.74) is 0.349. The number of thiol groups is 1. The van der Waals surface area contributed by atoms with Crippen molar-refractivity contribution in [2.45, 2.75) is 38.0 Å². The standard InChI is InChI=1S/C8H17NS/c1-6(10)7-4-8(2,3)9-5-7/h6-7,9-10H,4-5H2,1-3H3. The Bertz CT molecular complexity index is 120. The predicted octanol–water partition coefficient (Wildman–Crippen LogP) is 1.69. The van der Waals surface area contributed by atoms with Gasteiger partial charge in [0.25, 0.3) is 0 Å². The van der Waals surface area contributed by atoms with Crippen molar-refractivity contribution in [2.75, 3.05) is 6.54 Å². The van der Waals surface area contributed by atoms with E-state index in [1.54, 1.807) is 0 Å². The Morgan fingerprint density at radius 3 is 2.40 bits per heavy atom. The molecular weight excluding hydrogens is 142 g/mol. The fourth-order valence-electron chi connectivity index (χ4n) is 1.55. The molecule has 2 unspecified atom stereocenters. The van der Waals surface area contributed by atoms with Crippen molar-refractivity contribution < 1.29 is 0 Å². The highest BCUT2D eigenvalue weighted by Crippen LogP contribution is 2.27. The third-order valence-electron chi connectivity index (χ3n) is 2.30. The molecule has 1 aliphatic rings. The van der Waals surface area contributed by atoms with E-state index in [2.05, 4.69) is 38.7 Å². The minimum Gasteiger partial charge on any atom is -0.311 e. The molecule has 1 N–H and O–H groups in total. The van der Waals surface area contributed by atoms with Gasteiger partial charge in [-0.2, -0.15) is 12.6 Å². The third-order valence-corrected chi connectivity index (χ3v) is 2.72. The van der Waals surface area contributed by atoms with Crippen LogP contribution in [0.15, 0.2) is 0 Å². The number of nitrogens with one attached hydrogen (secondary N) is 1. The van der Waals surface area contributed by atoms with E-state index >= 15 is 0 Å². The van der Waals surface area contributed by atoms with E-state index in [9.17, 15) is 0 Å². The van der Waals surface area contributed by atoms with E-state index in [-0.39, 0.29) is 0 Å². The average molecular weight is 159 g/mol. The maximum Gasteiger partial charge on any atom is 0.0128 e. The Morgan fingerprint density at radius 1 is 1.60 bits per heavy atom. The van der Waals surface area contributed by atoms with Crippen molar-refractivity contribution in [1.82, 2.24) is 5.32 Å². The van der Waals surface area contributed by atoms with Gasteiger partial charge < -0.3 is 5.32 Å². The van der Waals surface area contributed by atoms with E-state index in [0.717, 1.165) is 12.5 Å². The Kier molecular flexibility index (Phi) is 2.31. The molecule has 1 aliphatic heterocycles. The van der Waals surface area contributed by atoms with Crippen molar-refractivity contribution >= 4 is 12.6 Å². The zero-order valence-corrected chi connectivity index (χ0v) is 7.91. The van der Waals surface area contributed by atoms with Crippen LogP contribution < -0.4 is 5.32 Å². The summed E-state index contributed by atoms with van der Waals surface area (Å²) < 4.78 is 0. The normalized spacial score (nSPS) is 34.2. The lowest BCUT2D eigenvalue weighted by molar-refractivity contribution is 0.441. The Labute approximate surface area is 69.0 Å². The second-order valence-electron chi connectivity index (χ2n) is 3.97. The lowest BCUT2D eigenvalue weighted by Crippen LogP contribution is -2.31. The molecule has 0 radical (unpaired) electrons. The van der Waals surface area contributed by atoms with Gasteiger partial charge in [-0.1, -0.05) is 6.92 Å². The van der Waals surface area contributed by atoms with Crippen LogP contribution in [0.5, 0.6) is 0 Å². The first-order chi connectivity index (χ1) is 4.51. The van der Waals surface area contributed by atoms with Gasteiger partial charge in [0.15, 0.2) is 0 Å². The summed E-state index contributed by atoms with van der Waals surface area (Å²) >= 11 is 4.43. The van der Waals surface area contributed by atoms with Crippen molar-refractivity contribution in [3.05, 3.63) is 0 Å². The maximum absolute atomic E-state index is 4.43. The van der Waals surface area contributed by atoms with E-state index in [4.69, 9.17) is 0 Å². The van der Waals surface area contributed by atoms with Gasteiger partial charge in [-0.25, -0.2) is 0 Å². The number of rotatable bonds is 1. The lowest BCUT2D eigenvalue weighted by atomic mass is 9.95. The second-order valence-corrected chi connectivity index (χ2v) is 4.78. The Balaban J connectivity index is 2.43. The first kappa shape index (κ1) is 8.41. The monoisotopic (exact) mass is 159 g/mol. The highest BCUT2D eigenvalue weighted by molar-refractivity contribution is 7.80. The van der Waals surface area contributed by atoms with E-state index in [1.807, 2.05) is 0 Å². The highest BCUT2D eigenvalue weighted by Gasteiger charge is 2.31. The summed E-state index contributed by atoms with van der Waals surface area (Å²) in [4.78, 5) is 0. The van der Waals surface area contributed by atoms with Gasteiger partial charge in [-0.3, -0.25) is 0 Å². The first-order valence-corrected chi connectivity index (χ1v) is 4.46. The van der Waals surface area contributed by atoms with Crippen molar-refractivity contribution in [3.8, 4) is 0 Å². The minimum absolute atomic E-state index is 0.349. The Hall–Kier alpha value is 0.310. The fourth-order valence-corrected chi connectivity index (χ4v) is 1.76. The van der Waals surface area contributed by atoms with Crippen LogP contribution in [0.4, 0.5) is 0 Å². The van der Waals surface area contributed by atoms with Crippen LogP contribution in [-0.4, -0.2) is 17.3 Å². The molecular formula is C8H17NS. The molecule has 1 nitrogen and oxygen atoms in total. The lowest BCUT2D eigenvalue weighted by Gasteiger charge is -2.18. The molecule has 0 aromatic carbocycles. The first-order valence-electron chi connectivity index (χ1n) is 3.94. The van der Waals surface area contributed by atoms with Crippen LogP contribution in [0, 0.1) is 5.92 Å². The van der Waals surface area contributed by atoms with Gasteiger partial charge in [0, 0.05) is 10.8 Å². The molecule has 2 heteroatoms. The average Bonchev–Trinajstić information content (AvgIpc) is 2.10. The SMILES string of the molecule is CC(S)C1CNC(C)(C)C1. The van der Waals surface area contributed by atoms with Crippen LogP contribution in [0.1, 0.15) is 27.2 Å². The van der Waals surface area contributed by atoms with Gasteiger partial charge in [-0.15, -0.1) is 0 Å². The van der Waals surface area contributed by atoms with Gasteiger partial charge in [0.1, 0.15) is 0 Å². The van der Waals surface area contributed by atoms with Crippen LogP contribution in [0.3, 0.4) is 0 Å². The predicted molar refractivity (Wildman–Crippen MR) is 48.6 cm³/mol. The third kappa shape index (κ3) is 1.89. The van der Waals surface area contributed by atoms with Gasteiger partial charge in [0.05, 0.1) is 0 Å². The second kappa shape index (κ2) is 2.74. The molecule has 0 spiro atoms. The molecule has 1 saturated heterocycles. The summed E-state index contributed by atoms with van der Waals surface area (Å²) in [6, 6.07) is 0. The Morgan fingerprint density at radius 2 is 2.20 bits per heavy atom. The van der Waals surface area contributed by atoms with Gasteiger partial charge >= 0.3 is 0 Å². The summed E-state index contributed by atoms with van der Waals surface area (Å²) in [7, 11) is 0. The summed E-state index contributed by atoms with van der Waals surface area (Å²) in [5, 5.41) is 4.01. The molecule has 2 atom stereocenters. The van der Waals surface area contributed by atoms with E-state index in [1.165, 1.54) is 6.42 Å². The van der Waals surface area contributed by atoms with Crippen LogP contribution in [-0.2, 0) is 0 Å². The zero-order valence-electron chi connectivity index (χ0n) is 7.02. The molecule has 0 aromatic rings. The van der Waals surface area contributed by atoms with Crippen LogP contribution in [0.25, 0.3) is 0 Å². The molecule has 1 heterocycles. The summed E-state index contributed by atoms with van der Waals surface area (Å²) in [6.45, 7) is 7.82. The number of hydrogen-bond acceptors (Lipinski definition) is 2. The molecule has 60 valence electrons. The van der Waals surface area contributed by atoms with Gasteiger partial charge in [0.2, 0.25) is 0 Å². The quantitative estimate of drug-likeness (QED) is 0.555. The summed E-state index contributed by atoms with van der Waals surface area (Å²) in [5.74, 6) is 0.762. The van der Waals surface area contributed by atoms with E-state index < -0.39 is 0 Å². The number of hydrogen-bond donors (Lipinski definition) is 2. The van der Waals surface area contributed by atoms with Crippen LogP contribution >= 0.6 is 12.6 Å². The van der Waals surface area contributed by atoms with E-state index in [0.29, 0.717) is 10.8 Å². The molecule has 0 saturated carbocycles.